The second-order valence-electron chi connectivity index (χ2n) is 5.14. The molecule has 1 aliphatic rings. The van der Waals surface area contributed by atoms with Gasteiger partial charge in [-0.1, -0.05) is 26.7 Å². The lowest BCUT2D eigenvalue weighted by Gasteiger charge is -2.15. The summed E-state index contributed by atoms with van der Waals surface area (Å²) < 4.78 is 0. The molecule has 1 fully saturated rings. The van der Waals surface area contributed by atoms with Crippen LogP contribution in [0.25, 0.3) is 0 Å². The van der Waals surface area contributed by atoms with Crippen LogP contribution in [0.1, 0.15) is 52.4 Å². The Morgan fingerprint density at radius 2 is 1.71 bits per heavy atom. The van der Waals surface area contributed by atoms with Crippen molar-refractivity contribution in [2.45, 2.75) is 52.4 Å². The topological polar surface area (TPSA) is 15.3 Å². The molecule has 17 heavy (non-hydrogen) atoms. The van der Waals surface area contributed by atoms with Crippen molar-refractivity contribution in [3.63, 3.8) is 0 Å². The standard InChI is InChI=1S/C14H30N2.ClH/c1-3-14(4-2)13-15-9-5-6-10-16-11-7-8-12-16;/h14-15H,3-13H2,1-2H3;1H. The zero-order valence-electron chi connectivity index (χ0n) is 11.7. The molecule has 2 nitrogen and oxygen atoms in total. The molecule has 0 aliphatic carbocycles. The van der Waals surface area contributed by atoms with Crippen LogP contribution in [0, 0.1) is 5.92 Å². The van der Waals surface area contributed by atoms with Gasteiger partial charge in [-0.25, -0.2) is 0 Å². The van der Waals surface area contributed by atoms with Crippen LogP contribution in [-0.4, -0.2) is 37.6 Å². The number of hydrogen-bond donors (Lipinski definition) is 1. The molecule has 0 aromatic rings. The van der Waals surface area contributed by atoms with Crippen molar-refractivity contribution in [3.8, 4) is 0 Å². The molecule has 1 N–H and O–H groups in total. The minimum Gasteiger partial charge on any atom is -0.316 e. The van der Waals surface area contributed by atoms with Gasteiger partial charge in [0.15, 0.2) is 0 Å². The Bertz CT molecular complexity index is 148. The highest BCUT2D eigenvalue weighted by Gasteiger charge is 2.09. The number of likely N-dealkylation sites (tertiary alicyclic amines) is 1. The fraction of sp³-hybridized carbons (Fsp3) is 1.00. The number of rotatable bonds is 9. The summed E-state index contributed by atoms with van der Waals surface area (Å²) in [6.07, 6.45) is 8.20. The Balaban J connectivity index is 0.00000256. The predicted molar refractivity (Wildman–Crippen MR) is 79.1 cm³/mol. The smallest absolute Gasteiger partial charge is 0.00183 e. The molecule has 0 amide bonds. The SMILES string of the molecule is CCC(CC)CNCCCCN1CCCC1.Cl. The molecule has 0 aromatic heterocycles. The van der Waals surface area contributed by atoms with Crippen molar-refractivity contribution >= 4 is 12.4 Å². The summed E-state index contributed by atoms with van der Waals surface area (Å²) in [6, 6.07) is 0. The van der Waals surface area contributed by atoms with Gasteiger partial charge in [0.05, 0.1) is 0 Å². The number of hydrogen-bond acceptors (Lipinski definition) is 2. The van der Waals surface area contributed by atoms with Gasteiger partial charge in [0.2, 0.25) is 0 Å². The fourth-order valence-electron chi connectivity index (χ4n) is 2.48. The molecular weight excluding hydrogens is 232 g/mol. The number of nitrogens with one attached hydrogen (secondary N) is 1. The summed E-state index contributed by atoms with van der Waals surface area (Å²) >= 11 is 0. The summed E-state index contributed by atoms with van der Waals surface area (Å²) in [7, 11) is 0. The molecule has 0 spiro atoms. The van der Waals surface area contributed by atoms with E-state index < -0.39 is 0 Å². The summed E-state index contributed by atoms with van der Waals surface area (Å²) in [6.45, 7) is 11.0. The third-order valence-electron chi connectivity index (χ3n) is 3.86. The normalized spacial score (nSPS) is 16.4. The van der Waals surface area contributed by atoms with Crippen LogP contribution in [0.4, 0.5) is 0 Å². The van der Waals surface area contributed by atoms with Crippen molar-refractivity contribution in [2.75, 3.05) is 32.7 Å². The van der Waals surface area contributed by atoms with Crippen molar-refractivity contribution in [1.29, 1.82) is 0 Å². The maximum atomic E-state index is 3.59. The first-order chi connectivity index (χ1) is 7.86. The molecule has 3 heteroatoms. The molecule has 0 saturated carbocycles. The average molecular weight is 263 g/mol. The van der Waals surface area contributed by atoms with Crippen molar-refractivity contribution < 1.29 is 0 Å². The van der Waals surface area contributed by atoms with E-state index in [4.69, 9.17) is 0 Å². The third kappa shape index (κ3) is 8.01. The summed E-state index contributed by atoms with van der Waals surface area (Å²) in [5.74, 6) is 0.888. The Morgan fingerprint density at radius 1 is 1.06 bits per heavy atom. The van der Waals surface area contributed by atoms with E-state index in [0.717, 1.165) is 5.92 Å². The fourth-order valence-corrected chi connectivity index (χ4v) is 2.48. The summed E-state index contributed by atoms with van der Waals surface area (Å²) in [5.41, 5.74) is 0. The lowest BCUT2D eigenvalue weighted by molar-refractivity contribution is 0.327. The summed E-state index contributed by atoms with van der Waals surface area (Å²) in [4.78, 5) is 2.61. The van der Waals surface area contributed by atoms with Gasteiger partial charge < -0.3 is 10.2 Å². The minimum absolute atomic E-state index is 0. The zero-order valence-corrected chi connectivity index (χ0v) is 12.5. The Morgan fingerprint density at radius 3 is 2.29 bits per heavy atom. The second-order valence-corrected chi connectivity index (χ2v) is 5.14. The van der Waals surface area contributed by atoms with E-state index in [2.05, 4.69) is 24.1 Å². The monoisotopic (exact) mass is 262 g/mol. The van der Waals surface area contributed by atoms with Crippen LogP contribution in [0.2, 0.25) is 0 Å². The molecule has 0 bridgehead atoms. The van der Waals surface area contributed by atoms with E-state index in [1.807, 2.05) is 0 Å². The molecular formula is C14H31ClN2. The first-order valence-corrected chi connectivity index (χ1v) is 7.29. The van der Waals surface area contributed by atoms with Crippen LogP contribution in [0.15, 0.2) is 0 Å². The number of halogens is 1. The molecule has 1 aliphatic heterocycles. The molecule has 0 unspecified atom stereocenters. The molecule has 1 heterocycles. The highest BCUT2D eigenvalue weighted by atomic mass is 35.5. The molecule has 0 radical (unpaired) electrons. The van der Waals surface area contributed by atoms with E-state index in [1.54, 1.807) is 0 Å². The van der Waals surface area contributed by atoms with Crippen LogP contribution in [-0.2, 0) is 0 Å². The highest BCUT2D eigenvalue weighted by molar-refractivity contribution is 5.85. The zero-order chi connectivity index (χ0) is 11.6. The van der Waals surface area contributed by atoms with Gasteiger partial charge in [-0.05, 0) is 64.3 Å². The average Bonchev–Trinajstić information content (AvgIpc) is 2.81. The van der Waals surface area contributed by atoms with Gasteiger partial charge in [-0.15, -0.1) is 12.4 Å². The van der Waals surface area contributed by atoms with E-state index in [0.29, 0.717) is 0 Å². The van der Waals surface area contributed by atoms with Gasteiger partial charge in [-0.3, -0.25) is 0 Å². The Hall–Kier alpha value is 0.210. The quantitative estimate of drug-likeness (QED) is 0.642. The maximum absolute atomic E-state index is 3.59. The van der Waals surface area contributed by atoms with Crippen molar-refractivity contribution in [3.05, 3.63) is 0 Å². The van der Waals surface area contributed by atoms with Gasteiger partial charge in [-0.2, -0.15) is 0 Å². The molecule has 104 valence electrons. The molecule has 0 aromatic carbocycles. The Kier molecular flexibility index (Phi) is 11.4. The lowest BCUT2D eigenvalue weighted by atomic mass is 10.0. The van der Waals surface area contributed by atoms with Gasteiger partial charge >= 0.3 is 0 Å². The largest absolute Gasteiger partial charge is 0.316 e. The molecule has 1 rings (SSSR count). The lowest BCUT2D eigenvalue weighted by Crippen LogP contribution is -2.25. The second kappa shape index (κ2) is 11.3. The van der Waals surface area contributed by atoms with Gasteiger partial charge in [0, 0.05) is 0 Å². The Labute approximate surface area is 114 Å². The minimum atomic E-state index is 0. The highest BCUT2D eigenvalue weighted by Crippen LogP contribution is 2.08. The molecule has 1 saturated heterocycles. The van der Waals surface area contributed by atoms with Gasteiger partial charge in [0.1, 0.15) is 0 Å². The first kappa shape index (κ1) is 17.2. The van der Waals surface area contributed by atoms with Crippen LogP contribution in [0.5, 0.6) is 0 Å². The third-order valence-corrected chi connectivity index (χ3v) is 3.86. The van der Waals surface area contributed by atoms with E-state index in [1.165, 1.54) is 71.2 Å². The first-order valence-electron chi connectivity index (χ1n) is 7.29. The van der Waals surface area contributed by atoms with Crippen LogP contribution in [0.3, 0.4) is 0 Å². The summed E-state index contributed by atoms with van der Waals surface area (Å²) in [5, 5.41) is 3.59. The van der Waals surface area contributed by atoms with Crippen LogP contribution < -0.4 is 5.32 Å². The van der Waals surface area contributed by atoms with Crippen molar-refractivity contribution in [1.82, 2.24) is 10.2 Å². The van der Waals surface area contributed by atoms with E-state index in [9.17, 15) is 0 Å². The maximum Gasteiger partial charge on any atom is -0.00183 e. The van der Waals surface area contributed by atoms with E-state index in [-0.39, 0.29) is 12.4 Å². The number of nitrogens with zero attached hydrogens (tertiary/aromatic N) is 1. The van der Waals surface area contributed by atoms with Crippen molar-refractivity contribution in [2.24, 2.45) is 5.92 Å². The van der Waals surface area contributed by atoms with Crippen LogP contribution >= 0.6 is 12.4 Å². The predicted octanol–water partition coefficient (Wildman–Crippen LogP) is 3.31. The van der Waals surface area contributed by atoms with Gasteiger partial charge in [0.25, 0.3) is 0 Å². The van der Waals surface area contributed by atoms with E-state index >= 15 is 0 Å². The molecule has 0 atom stereocenters. The number of unbranched alkanes of at least 4 members (excludes halogenated alkanes) is 1.